The normalized spacial score (nSPS) is 10.2. The van der Waals surface area contributed by atoms with Gasteiger partial charge >= 0.3 is 11.9 Å². The van der Waals surface area contributed by atoms with Gasteiger partial charge in [0.15, 0.2) is 0 Å². The number of carbonyl (C=O) groups excluding carboxylic acids is 2. The fraction of sp³-hybridized carbons (Fsp3) is 0.455. The molecule has 0 aliphatic rings. The van der Waals surface area contributed by atoms with Crippen LogP contribution in [-0.2, 0) is 19.1 Å². The smallest absolute Gasteiger partial charge is 0.330 e. The third-order valence-corrected chi connectivity index (χ3v) is 1.36. The van der Waals surface area contributed by atoms with Crippen molar-refractivity contribution in [2.75, 3.05) is 20.3 Å². The largest absolute Gasteiger partial charge is 0.466 e. The van der Waals surface area contributed by atoms with Crippen molar-refractivity contribution in [1.29, 1.82) is 0 Å². The summed E-state index contributed by atoms with van der Waals surface area (Å²) in [5, 5.41) is 8.50. The van der Waals surface area contributed by atoms with E-state index in [0.29, 0.717) is 0 Å². The van der Waals surface area contributed by atoms with E-state index in [9.17, 15) is 9.59 Å². The lowest BCUT2D eigenvalue weighted by Crippen LogP contribution is -2.12. The van der Waals surface area contributed by atoms with Gasteiger partial charge in [0.1, 0.15) is 0 Å². The number of esters is 2. The molecule has 5 heteroatoms. The number of methoxy groups -OCH3 is 1. The average molecular weight is 230 g/mol. The number of rotatable bonds is 5. The summed E-state index contributed by atoms with van der Waals surface area (Å²) in [4.78, 5) is 20.3. The van der Waals surface area contributed by atoms with Gasteiger partial charge in [-0.15, -0.1) is 0 Å². The second-order valence-electron chi connectivity index (χ2n) is 2.85. The molecule has 1 atom stereocenters. The standard InChI is InChI=1S/C7H12O3.C4H6O2/c1-3-7(9)10-5-6(2)4-8;1-3-4(5)6-2/h3,6,8H,1,4-5H2,2H3;3H,1H2,2H3. The van der Waals surface area contributed by atoms with Gasteiger partial charge in [-0.1, -0.05) is 20.1 Å². The Labute approximate surface area is 95.4 Å². The van der Waals surface area contributed by atoms with Gasteiger partial charge in [0, 0.05) is 24.7 Å². The van der Waals surface area contributed by atoms with Crippen LogP contribution in [0, 0.1) is 5.92 Å². The van der Waals surface area contributed by atoms with Crippen LogP contribution in [0.3, 0.4) is 0 Å². The summed E-state index contributed by atoms with van der Waals surface area (Å²) < 4.78 is 8.77. The van der Waals surface area contributed by atoms with Crippen LogP contribution in [0.25, 0.3) is 0 Å². The number of aliphatic hydroxyl groups is 1. The summed E-state index contributed by atoms with van der Waals surface area (Å²) in [6.45, 7) is 8.46. The van der Waals surface area contributed by atoms with Gasteiger partial charge < -0.3 is 14.6 Å². The van der Waals surface area contributed by atoms with Crippen molar-refractivity contribution in [3.8, 4) is 0 Å². The predicted molar refractivity (Wildman–Crippen MR) is 59.6 cm³/mol. The lowest BCUT2D eigenvalue weighted by molar-refractivity contribution is -0.139. The van der Waals surface area contributed by atoms with Crippen LogP contribution >= 0.6 is 0 Å². The maximum Gasteiger partial charge on any atom is 0.330 e. The highest BCUT2D eigenvalue weighted by atomic mass is 16.5. The van der Waals surface area contributed by atoms with Crippen molar-refractivity contribution in [1.82, 2.24) is 0 Å². The van der Waals surface area contributed by atoms with Crippen molar-refractivity contribution < 1.29 is 24.2 Å². The van der Waals surface area contributed by atoms with Gasteiger partial charge in [-0.3, -0.25) is 0 Å². The van der Waals surface area contributed by atoms with Crippen LogP contribution in [0.4, 0.5) is 0 Å². The minimum atomic E-state index is -0.444. The summed E-state index contributed by atoms with van der Waals surface area (Å²) in [5.41, 5.74) is 0. The van der Waals surface area contributed by atoms with Crippen LogP contribution < -0.4 is 0 Å². The van der Waals surface area contributed by atoms with Gasteiger partial charge in [0.05, 0.1) is 13.7 Å². The van der Waals surface area contributed by atoms with E-state index < -0.39 is 11.9 Å². The average Bonchev–Trinajstić information content (AvgIpc) is 2.34. The lowest BCUT2D eigenvalue weighted by atomic mass is 10.2. The highest BCUT2D eigenvalue weighted by Crippen LogP contribution is 1.93. The first-order valence-corrected chi connectivity index (χ1v) is 4.62. The monoisotopic (exact) mass is 230 g/mol. The minimum absolute atomic E-state index is 0.00361. The molecule has 0 spiro atoms. The van der Waals surface area contributed by atoms with Crippen molar-refractivity contribution in [3.63, 3.8) is 0 Å². The van der Waals surface area contributed by atoms with Crippen LogP contribution in [0.5, 0.6) is 0 Å². The number of aliphatic hydroxyl groups excluding tert-OH is 1. The Hall–Kier alpha value is -1.62. The molecule has 0 amide bonds. The van der Waals surface area contributed by atoms with E-state index in [2.05, 4.69) is 22.6 Å². The van der Waals surface area contributed by atoms with Crippen molar-refractivity contribution >= 4 is 11.9 Å². The Morgan fingerprint density at radius 3 is 2.06 bits per heavy atom. The first-order chi connectivity index (χ1) is 7.51. The molecule has 16 heavy (non-hydrogen) atoms. The molecule has 92 valence electrons. The Kier molecular flexibility index (Phi) is 12.0. The molecule has 0 aromatic rings. The second-order valence-corrected chi connectivity index (χ2v) is 2.85. The second kappa shape index (κ2) is 11.5. The minimum Gasteiger partial charge on any atom is -0.466 e. The molecule has 0 bridgehead atoms. The zero-order valence-corrected chi connectivity index (χ0v) is 9.64. The van der Waals surface area contributed by atoms with Crippen molar-refractivity contribution in [3.05, 3.63) is 25.3 Å². The molecular weight excluding hydrogens is 212 g/mol. The van der Waals surface area contributed by atoms with E-state index in [1.807, 2.05) is 0 Å². The van der Waals surface area contributed by atoms with Crippen LogP contribution in [0.1, 0.15) is 6.92 Å². The molecule has 1 N–H and O–H groups in total. The molecule has 0 aromatic heterocycles. The first-order valence-electron chi connectivity index (χ1n) is 4.62. The maximum absolute atomic E-state index is 10.4. The lowest BCUT2D eigenvalue weighted by Gasteiger charge is -2.06. The molecule has 0 rings (SSSR count). The zero-order valence-electron chi connectivity index (χ0n) is 9.64. The van der Waals surface area contributed by atoms with E-state index in [1.165, 1.54) is 7.11 Å². The number of carbonyl (C=O) groups is 2. The van der Waals surface area contributed by atoms with Crippen molar-refractivity contribution in [2.24, 2.45) is 5.92 Å². The van der Waals surface area contributed by atoms with E-state index >= 15 is 0 Å². The Balaban J connectivity index is 0. The summed E-state index contributed by atoms with van der Waals surface area (Å²) in [6.07, 6.45) is 2.21. The van der Waals surface area contributed by atoms with Crippen LogP contribution in [0.2, 0.25) is 0 Å². The van der Waals surface area contributed by atoms with Gasteiger partial charge in [-0.25, -0.2) is 9.59 Å². The van der Waals surface area contributed by atoms with Crippen molar-refractivity contribution in [2.45, 2.75) is 6.92 Å². The molecule has 0 radical (unpaired) electrons. The molecular formula is C11H18O5. The highest BCUT2D eigenvalue weighted by molar-refractivity contribution is 5.81. The van der Waals surface area contributed by atoms with Crippen LogP contribution in [0.15, 0.2) is 25.3 Å². The van der Waals surface area contributed by atoms with E-state index in [-0.39, 0.29) is 19.1 Å². The Morgan fingerprint density at radius 1 is 1.31 bits per heavy atom. The maximum atomic E-state index is 10.4. The molecule has 0 aliphatic carbocycles. The molecule has 0 aromatic carbocycles. The molecule has 5 nitrogen and oxygen atoms in total. The number of hydrogen-bond donors (Lipinski definition) is 1. The van der Waals surface area contributed by atoms with E-state index in [1.54, 1.807) is 6.92 Å². The fourth-order valence-corrected chi connectivity index (χ4v) is 0.419. The van der Waals surface area contributed by atoms with Crippen LogP contribution in [-0.4, -0.2) is 37.4 Å². The van der Waals surface area contributed by atoms with Gasteiger partial charge in [-0.05, 0) is 0 Å². The van der Waals surface area contributed by atoms with Gasteiger partial charge in [0.25, 0.3) is 0 Å². The predicted octanol–water partition coefficient (Wildman–Crippen LogP) is 0.689. The highest BCUT2D eigenvalue weighted by Gasteiger charge is 2.01. The third kappa shape index (κ3) is 12.4. The SMILES string of the molecule is C=CC(=O)OC.C=CC(=O)OCC(C)CO. The Morgan fingerprint density at radius 2 is 1.81 bits per heavy atom. The van der Waals surface area contributed by atoms with E-state index in [4.69, 9.17) is 5.11 Å². The molecule has 0 saturated heterocycles. The fourth-order valence-electron chi connectivity index (χ4n) is 0.419. The topological polar surface area (TPSA) is 72.8 Å². The number of ether oxygens (including phenoxy) is 2. The quantitative estimate of drug-likeness (QED) is 0.555. The molecule has 0 fully saturated rings. The summed E-state index contributed by atoms with van der Waals surface area (Å²) >= 11 is 0. The summed E-state index contributed by atoms with van der Waals surface area (Å²) in [5.74, 6) is -0.834. The van der Waals surface area contributed by atoms with Gasteiger partial charge in [0.2, 0.25) is 0 Å². The summed E-state index contributed by atoms with van der Waals surface area (Å²) in [6, 6.07) is 0. The molecule has 0 aliphatic heterocycles. The van der Waals surface area contributed by atoms with Gasteiger partial charge in [-0.2, -0.15) is 0 Å². The molecule has 0 saturated carbocycles. The number of hydrogen-bond acceptors (Lipinski definition) is 5. The summed E-state index contributed by atoms with van der Waals surface area (Å²) in [7, 11) is 1.31. The molecule has 1 unspecified atom stereocenters. The molecule has 0 heterocycles. The Bertz CT molecular complexity index is 235. The first kappa shape index (κ1) is 16.8. The zero-order chi connectivity index (χ0) is 13.0. The third-order valence-electron chi connectivity index (χ3n) is 1.36. The van der Waals surface area contributed by atoms with E-state index in [0.717, 1.165) is 12.2 Å².